The number of aromatic nitrogens is 3. The Hall–Kier alpha value is -2.95. The highest BCUT2D eigenvalue weighted by atomic mass is 16.2. The maximum Gasteiger partial charge on any atom is 0.277 e. The third-order valence-electron chi connectivity index (χ3n) is 3.44. The number of aryl methyl sites for hydroxylation is 2. The van der Waals surface area contributed by atoms with Crippen LogP contribution in [0, 0.1) is 13.8 Å². The van der Waals surface area contributed by atoms with Crippen molar-refractivity contribution in [1.82, 2.24) is 15.0 Å². The van der Waals surface area contributed by atoms with Gasteiger partial charge in [-0.05, 0) is 42.7 Å². The Bertz CT molecular complexity index is 804. The van der Waals surface area contributed by atoms with Gasteiger partial charge >= 0.3 is 0 Å². The molecule has 0 aliphatic carbocycles. The first-order valence-corrected chi connectivity index (χ1v) is 7.44. The van der Waals surface area contributed by atoms with Crippen LogP contribution in [0.3, 0.4) is 0 Å². The van der Waals surface area contributed by atoms with Gasteiger partial charge in [-0.3, -0.25) is 4.79 Å². The van der Waals surface area contributed by atoms with Crippen LogP contribution in [-0.4, -0.2) is 20.9 Å². The van der Waals surface area contributed by atoms with Crippen molar-refractivity contribution >= 4 is 11.6 Å². The van der Waals surface area contributed by atoms with E-state index >= 15 is 0 Å². The number of carbonyl (C=O) groups is 1. The van der Waals surface area contributed by atoms with Crippen LogP contribution < -0.4 is 5.32 Å². The molecule has 3 aromatic rings. The van der Waals surface area contributed by atoms with Gasteiger partial charge < -0.3 is 5.32 Å². The van der Waals surface area contributed by atoms with E-state index in [4.69, 9.17) is 0 Å². The quantitative estimate of drug-likeness (QED) is 0.805. The summed E-state index contributed by atoms with van der Waals surface area (Å²) in [5, 5.41) is 10.8. The highest BCUT2D eigenvalue weighted by Gasteiger charge is 2.11. The average molecular weight is 306 g/mol. The molecule has 3 rings (SSSR count). The van der Waals surface area contributed by atoms with E-state index in [1.165, 1.54) is 0 Å². The van der Waals surface area contributed by atoms with Crippen molar-refractivity contribution in [3.8, 4) is 0 Å². The Labute approximate surface area is 135 Å². The van der Waals surface area contributed by atoms with Crippen LogP contribution in [0.15, 0.2) is 54.7 Å². The number of hydrogen-bond donors (Lipinski definition) is 1. The molecule has 5 heteroatoms. The molecule has 1 amide bonds. The van der Waals surface area contributed by atoms with Crippen LogP contribution in [0.5, 0.6) is 0 Å². The zero-order valence-corrected chi connectivity index (χ0v) is 13.2. The van der Waals surface area contributed by atoms with E-state index < -0.39 is 0 Å². The zero-order valence-electron chi connectivity index (χ0n) is 13.2. The lowest BCUT2D eigenvalue weighted by Crippen LogP contribution is -2.12. The van der Waals surface area contributed by atoms with Crippen molar-refractivity contribution in [3.05, 3.63) is 77.1 Å². The first kappa shape index (κ1) is 15.0. The second kappa shape index (κ2) is 6.44. The van der Waals surface area contributed by atoms with Gasteiger partial charge in [-0.1, -0.05) is 41.6 Å². The number of nitrogens with zero attached hydrogens (tertiary/aromatic N) is 3. The third-order valence-corrected chi connectivity index (χ3v) is 3.44. The highest BCUT2D eigenvalue weighted by Crippen LogP contribution is 2.14. The Morgan fingerprint density at radius 2 is 1.78 bits per heavy atom. The maximum atomic E-state index is 12.3. The van der Waals surface area contributed by atoms with E-state index in [1.807, 2.05) is 56.3 Å². The van der Waals surface area contributed by atoms with Gasteiger partial charge in [-0.15, -0.1) is 5.10 Å². The summed E-state index contributed by atoms with van der Waals surface area (Å²) in [6.07, 6.45) is 1.66. The monoisotopic (exact) mass is 306 g/mol. The van der Waals surface area contributed by atoms with Crippen LogP contribution in [-0.2, 0) is 6.54 Å². The number of carbonyl (C=O) groups excluding carboxylic acids is 1. The summed E-state index contributed by atoms with van der Waals surface area (Å²) >= 11 is 0. The van der Waals surface area contributed by atoms with Gasteiger partial charge in [0.25, 0.3) is 5.91 Å². The average Bonchev–Trinajstić information content (AvgIpc) is 2.96. The van der Waals surface area contributed by atoms with Gasteiger partial charge in [0.15, 0.2) is 5.69 Å². The van der Waals surface area contributed by atoms with Crippen molar-refractivity contribution in [1.29, 1.82) is 0 Å². The molecule has 0 aliphatic heterocycles. The number of nitrogens with one attached hydrogen (secondary N) is 1. The molecular formula is C18H18N4O. The summed E-state index contributed by atoms with van der Waals surface area (Å²) in [7, 11) is 0. The molecule has 23 heavy (non-hydrogen) atoms. The molecule has 0 aliphatic rings. The summed E-state index contributed by atoms with van der Waals surface area (Å²) in [6.45, 7) is 4.59. The molecule has 0 unspecified atom stereocenters. The van der Waals surface area contributed by atoms with Crippen LogP contribution in [0.25, 0.3) is 0 Å². The van der Waals surface area contributed by atoms with E-state index in [0.717, 1.165) is 22.4 Å². The van der Waals surface area contributed by atoms with Crippen molar-refractivity contribution in [2.24, 2.45) is 0 Å². The summed E-state index contributed by atoms with van der Waals surface area (Å²) in [5.74, 6) is -0.255. The van der Waals surface area contributed by atoms with Crippen LogP contribution in [0.4, 0.5) is 5.69 Å². The summed E-state index contributed by atoms with van der Waals surface area (Å²) in [5.41, 5.74) is 4.39. The van der Waals surface area contributed by atoms with Crippen molar-refractivity contribution in [3.63, 3.8) is 0 Å². The minimum absolute atomic E-state index is 0.255. The maximum absolute atomic E-state index is 12.3. The van der Waals surface area contributed by atoms with Crippen molar-refractivity contribution in [2.45, 2.75) is 20.4 Å². The standard InChI is InChI=1S/C18H18N4O/c1-13-8-14(2)10-16(9-13)19-18(23)17-12-22(21-20-17)11-15-6-4-3-5-7-15/h3-10,12H,11H2,1-2H3,(H,19,23). The van der Waals surface area contributed by atoms with Gasteiger partial charge in [0, 0.05) is 5.69 Å². The first-order valence-electron chi connectivity index (χ1n) is 7.44. The fourth-order valence-electron chi connectivity index (χ4n) is 2.49. The fraction of sp³-hybridized carbons (Fsp3) is 0.167. The first-order chi connectivity index (χ1) is 11.1. The molecule has 0 radical (unpaired) electrons. The van der Waals surface area contributed by atoms with Gasteiger partial charge in [-0.2, -0.15) is 0 Å². The molecule has 0 fully saturated rings. The van der Waals surface area contributed by atoms with Crippen molar-refractivity contribution < 1.29 is 4.79 Å². The number of anilines is 1. The van der Waals surface area contributed by atoms with Gasteiger partial charge in [-0.25, -0.2) is 4.68 Å². The van der Waals surface area contributed by atoms with Crippen LogP contribution in [0.2, 0.25) is 0 Å². The summed E-state index contributed by atoms with van der Waals surface area (Å²) < 4.78 is 1.66. The molecule has 1 aromatic heterocycles. The minimum atomic E-state index is -0.255. The molecule has 2 aromatic carbocycles. The lowest BCUT2D eigenvalue weighted by Gasteiger charge is -2.05. The molecule has 0 spiro atoms. The molecule has 0 saturated carbocycles. The predicted molar refractivity (Wildman–Crippen MR) is 89.4 cm³/mol. The SMILES string of the molecule is Cc1cc(C)cc(NC(=O)c2cn(Cc3ccccc3)nn2)c1. The zero-order chi connectivity index (χ0) is 16.2. The van der Waals surface area contributed by atoms with E-state index in [1.54, 1.807) is 10.9 Å². The highest BCUT2D eigenvalue weighted by molar-refractivity contribution is 6.02. The Balaban J connectivity index is 1.71. The number of amides is 1. The topological polar surface area (TPSA) is 59.8 Å². The Morgan fingerprint density at radius 1 is 1.09 bits per heavy atom. The Morgan fingerprint density at radius 3 is 2.48 bits per heavy atom. The molecule has 0 bridgehead atoms. The Kier molecular flexibility index (Phi) is 4.19. The molecule has 116 valence electrons. The minimum Gasteiger partial charge on any atom is -0.321 e. The molecule has 0 saturated heterocycles. The molecular weight excluding hydrogens is 288 g/mol. The second-order valence-electron chi connectivity index (χ2n) is 5.62. The van der Waals surface area contributed by atoms with Crippen LogP contribution in [0.1, 0.15) is 27.2 Å². The van der Waals surface area contributed by atoms with E-state index in [-0.39, 0.29) is 5.91 Å². The van der Waals surface area contributed by atoms with E-state index in [2.05, 4.69) is 21.7 Å². The van der Waals surface area contributed by atoms with Gasteiger partial charge in [0.05, 0.1) is 12.7 Å². The molecule has 1 heterocycles. The molecule has 5 nitrogen and oxygen atoms in total. The van der Waals surface area contributed by atoms with E-state index in [0.29, 0.717) is 12.2 Å². The van der Waals surface area contributed by atoms with Gasteiger partial charge in [0.2, 0.25) is 0 Å². The summed E-state index contributed by atoms with van der Waals surface area (Å²) in [4.78, 5) is 12.3. The molecule has 0 atom stereocenters. The third kappa shape index (κ3) is 3.83. The number of rotatable bonds is 4. The lowest BCUT2D eigenvalue weighted by molar-refractivity contribution is 0.102. The van der Waals surface area contributed by atoms with Crippen LogP contribution >= 0.6 is 0 Å². The summed E-state index contributed by atoms with van der Waals surface area (Å²) in [6, 6.07) is 15.9. The van der Waals surface area contributed by atoms with E-state index in [9.17, 15) is 4.79 Å². The van der Waals surface area contributed by atoms with Gasteiger partial charge in [0.1, 0.15) is 0 Å². The number of benzene rings is 2. The predicted octanol–water partition coefficient (Wildman–Crippen LogP) is 3.20. The smallest absolute Gasteiger partial charge is 0.277 e. The van der Waals surface area contributed by atoms with Crippen molar-refractivity contribution in [2.75, 3.05) is 5.32 Å². The molecule has 1 N–H and O–H groups in total. The fourth-order valence-corrected chi connectivity index (χ4v) is 2.49. The lowest BCUT2D eigenvalue weighted by atomic mass is 10.1. The normalized spacial score (nSPS) is 10.5. The number of hydrogen-bond acceptors (Lipinski definition) is 3. The second-order valence-corrected chi connectivity index (χ2v) is 5.62. The largest absolute Gasteiger partial charge is 0.321 e.